The Morgan fingerprint density at radius 1 is 0.706 bits per heavy atom. The molecule has 0 saturated heterocycles. The predicted molar refractivity (Wildman–Crippen MR) is 256 cm³/mol. The van der Waals surface area contributed by atoms with Crippen molar-refractivity contribution < 1.29 is 39.9 Å². The van der Waals surface area contributed by atoms with E-state index in [2.05, 4.69) is 15.0 Å². The van der Waals surface area contributed by atoms with Crippen LogP contribution < -0.4 is 11.1 Å². The fraction of sp³-hybridized carbons (Fsp3) is 0.300. The second-order valence-corrected chi connectivity index (χ2v) is 22.0. The molecule has 0 radical (unpaired) electrons. The number of ketones is 1. The van der Waals surface area contributed by atoms with Crippen molar-refractivity contribution in [1.29, 1.82) is 0 Å². The number of fused-ring (bicyclic) bond motifs is 3. The molecule has 0 fully saturated rings. The average molecular weight is 968 g/mol. The number of pyridine rings is 4. The number of hydrogen-bond acceptors (Lipinski definition) is 12. The Hall–Kier alpha value is -6.79. The fourth-order valence-electron chi connectivity index (χ4n) is 7.27. The van der Waals surface area contributed by atoms with E-state index in [0.29, 0.717) is 50.3 Å². The summed E-state index contributed by atoms with van der Waals surface area (Å²) in [7, 11) is -3.44. The van der Waals surface area contributed by atoms with E-state index in [9.17, 15) is 44.8 Å². The molecule has 6 aromatic rings. The maximum atomic E-state index is 13.5. The minimum absolute atomic E-state index is 0.00595. The minimum Gasteiger partial charge on any atom is -0.460 e. The van der Waals surface area contributed by atoms with E-state index in [0.717, 1.165) is 23.3 Å². The Bertz CT molecular complexity index is 3290. The Labute approximate surface area is 393 Å². The van der Waals surface area contributed by atoms with Gasteiger partial charge in [-0.25, -0.2) is 25.6 Å². The summed E-state index contributed by atoms with van der Waals surface area (Å²) in [6.45, 7) is 8.67. The largest absolute Gasteiger partial charge is 0.460 e. The number of carbonyl (C=O) groups is 2. The molecule has 14 nitrogen and oxygen atoms in total. The molecule has 0 atom stereocenters. The summed E-state index contributed by atoms with van der Waals surface area (Å²) in [4.78, 5) is 64.1. The maximum absolute atomic E-state index is 13.5. The number of aromatic nitrogens is 4. The lowest BCUT2D eigenvalue weighted by Crippen LogP contribution is -2.24. The third-order valence-electron chi connectivity index (χ3n) is 10.8. The van der Waals surface area contributed by atoms with Crippen LogP contribution in [0.4, 0.5) is 8.78 Å². The smallest absolute Gasteiger partial charge is 0.306 e. The Balaban J connectivity index is 0.000000230. The summed E-state index contributed by atoms with van der Waals surface area (Å²) in [5, 5.41) is 0. The minimum atomic E-state index is -3.41. The normalized spacial score (nSPS) is 12.5. The van der Waals surface area contributed by atoms with Crippen molar-refractivity contribution in [3.05, 3.63) is 175 Å². The molecule has 68 heavy (non-hydrogen) atoms. The molecular formula is C50H51F2N5O9S2. The highest BCUT2D eigenvalue weighted by Gasteiger charge is 2.25. The predicted octanol–water partition coefficient (Wildman–Crippen LogP) is 6.90. The number of aliphatic imine (C=N–C) groups is 1. The van der Waals surface area contributed by atoms with Crippen LogP contribution in [-0.2, 0) is 67.8 Å². The summed E-state index contributed by atoms with van der Waals surface area (Å²) in [5.41, 5.74) is 5.23. The van der Waals surface area contributed by atoms with Crippen LogP contribution in [0, 0.1) is 11.6 Å². The van der Waals surface area contributed by atoms with Gasteiger partial charge in [0.1, 0.15) is 22.9 Å². The van der Waals surface area contributed by atoms with Crippen LogP contribution in [0.3, 0.4) is 0 Å². The molecular weight excluding hydrogens is 917 g/mol. The van der Waals surface area contributed by atoms with Gasteiger partial charge in [0.15, 0.2) is 19.7 Å². The van der Waals surface area contributed by atoms with Crippen LogP contribution in [0.2, 0.25) is 0 Å². The first-order chi connectivity index (χ1) is 32.0. The topological polar surface area (TPSA) is 194 Å². The lowest BCUT2D eigenvalue weighted by atomic mass is 9.93. The third-order valence-corrected chi connectivity index (χ3v) is 14.1. The molecule has 5 heterocycles. The summed E-state index contributed by atoms with van der Waals surface area (Å²) in [6, 6.07) is 17.2. The van der Waals surface area contributed by atoms with Crippen molar-refractivity contribution in [2.45, 2.75) is 71.1 Å². The van der Waals surface area contributed by atoms with Crippen LogP contribution in [0.5, 0.6) is 0 Å². The van der Waals surface area contributed by atoms with Crippen LogP contribution >= 0.6 is 0 Å². The number of carbonyl (C=O) groups excluding carboxylic acids is 2. The SMILES string of the molecule is CCS(=O)(=O)Cc1cnc(C(=O)c2ccc(F)cc2)c(-c2cn(C)c(=O)cc2CCC(=O)OC(C)(C)C)c1.CCS(=O)(=O)Cc1cnc2c(c1)-c1cn(C)c(=O)cc1CN=C2c1ccc(F)cc1. The number of sulfone groups is 2. The monoisotopic (exact) mass is 967 g/mol. The molecule has 1 aliphatic heterocycles. The second kappa shape index (κ2) is 20.6. The van der Waals surface area contributed by atoms with Crippen molar-refractivity contribution >= 4 is 37.1 Å². The van der Waals surface area contributed by atoms with Gasteiger partial charge in [-0.2, -0.15) is 0 Å². The number of halogens is 2. The van der Waals surface area contributed by atoms with Gasteiger partial charge in [-0.1, -0.05) is 13.8 Å². The number of hydrogen-bond donors (Lipinski definition) is 0. The maximum Gasteiger partial charge on any atom is 0.306 e. The van der Waals surface area contributed by atoms with E-state index >= 15 is 0 Å². The van der Waals surface area contributed by atoms with Gasteiger partial charge in [-0.15, -0.1) is 0 Å². The molecule has 0 unspecified atom stereocenters. The number of aryl methyl sites for hydroxylation is 3. The van der Waals surface area contributed by atoms with Gasteiger partial charge in [0, 0.05) is 102 Å². The first-order valence-corrected chi connectivity index (χ1v) is 25.2. The van der Waals surface area contributed by atoms with E-state index in [1.165, 1.54) is 71.0 Å². The van der Waals surface area contributed by atoms with Crippen LogP contribution in [0.15, 0.2) is 112 Å². The summed E-state index contributed by atoms with van der Waals surface area (Å²) in [5.74, 6) is -2.24. The number of benzene rings is 2. The highest BCUT2D eigenvalue weighted by Crippen LogP contribution is 2.33. The highest BCUT2D eigenvalue weighted by molar-refractivity contribution is 7.90. The van der Waals surface area contributed by atoms with Crippen LogP contribution in [-0.4, -0.2) is 70.5 Å². The molecule has 356 valence electrons. The molecule has 1 aliphatic rings. The highest BCUT2D eigenvalue weighted by atomic mass is 32.2. The van der Waals surface area contributed by atoms with Crippen molar-refractivity contribution in [3.63, 3.8) is 0 Å². The van der Waals surface area contributed by atoms with Crippen LogP contribution in [0.25, 0.3) is 22.3 Å². The van der Waals surface area contributed by atoms with Crippen molar-refractivity contribution in [2.75, 3.05) is 11.5 Å². The van der Waals surface area contributed by atoms with Gasteiger partial charge < -0.3 is 13.9 Å². The lowest BCUT2D eigenvalue weighted by Gasteiger charge is -2.20. The molecule has 0 aliphatic carbocycles. The second-order valence-electron chi connectivity index (χ2n) is 17.2. The van der Waals surface area contributed by atoms with Crippen LogP contribution in [0.1, 0.15) is 90.6 Å². The number of rotatable bonds is 13. The molecule has 0 amide bonds. The summed E-state index contributed by atoms with van der Waals surface area (Å²) >= 11 is 0. The molecule has 18 heteroatoms. The zero-order valence-corrected chi connectivity index (χ0v) is 40.3. The van der Waals surface area contributed by atoms with E-state index in [4.69, 9.17) is 4.74 Å². The van der Waals surface area contributed by atoms with Crippen molar-refractivity contribution in [1.82, 2.24) is 19.1 Å². The first kappa shape index (κ1) is 50.6. The van der Waals surface area contributed by atoms with E-state index < -0.39 is 42.8 Å². The van der Waals surface area contributed by atoms with Gasteiger partial charge >= 0.3 is 5.97 Å². The quantitative estimate of drug-likeness (QED) is 0.0864. The van der Waals surface area contributed by atoms with Gasteiger partial charge in [-0.3, -0.25) is 34.1 Å². The third kappa shape index (κ3) is 12.6. The van der Waals surface area contributed by atoms with Gasteiger partial charge in [0.2, 0.25) is 5.78 Å². The molecule has 0 bridgehead atoms. The Morgan fingerprint density at radius 2 is 1.24 bits per heavy atom. The molecule has 0 saturated carbocycles. The fourth-order valence-corrected chi connectivity index (χ4v) is 9.01. The molecule has 2 aromatic carbocycles. The standard InChI is InChI=1S/C28H31FN2O6S.C22H20FN3O3S/c1-6-38(35,36)17-18-13-22(26(30-15-18)27(34)19-7-10-21(29)11-8-19)23-16-31(5)24(32)14-20(23)9-12-25(33)37-28(2,3)4;1-3-30(28,29)13-14-8-18-19-12-26(2)20(27)9-16(19)11-25-21(22(18)24-10-14)15-4-6-17(23)7-5-15/h7-8,10-11,13-16H,6,9,12,17H2,1-5H3;4-10,12H,3,11,13H2,1-2H3. The Morgan fingerprint density at radius 3 is 1.81 bits per heavy atom. The van der Waals surface area contributed by atoms with Gasteiger partial charge in [0.05, 0.1) is 29.5 Å². The van der Waals surface area contributed by atoms with Crippen molar-refractivity contribution in [3.8, 4) is 22.3 Å². The van der Waals surface area contributed by atoms with E-state index in [1.54, 1.807) is 72.3 Å². The number of esters is 1. The van der Waals surface area contributed by atoms with Gasteiger partial charge in [0.25, 0.3) is 11.1 Å². The van der Waals surface area contributed by atoms with Crippen molar-refractivity contribution in [2.24, 2.45) is 19.1 Å². The first-order valence-electron chi connectivity index (χ1n) is 21.6. The number of ether oxygens (including phenoxy) is 1. The lowest BCUT2D eigenvalue weighted by molar-refractivity contribution is -0.154. The number of nitrogens with zero attached hydrogens (tertiary/aromatic N) is 5. The molecule has 7 rings (SSSR count). The Kier molecular flexibility index (Phi) is 15.3. The summed E-state index contributed by atoms with van der Waals surface area (Å²) in [6.07, 6.45) is 6.24. The summed E-state index contributed by atoms with van der Waals surface area (Å²) < 4.78 is 84.0. The van der Waals surface area contributed by atoms with E-state index in [-0.39, 0.29) is 70.6 Å². The molecule has 0 N–H and O–H groups in total. The average Bonchev–Trinajstić information content (AvgIpc) is 3.42. The zero-order valence-electron chi connectivity index (χ0n) is 38.7. The molecule has 4 aromatic heterocycles. The zero-order chi connectivity index (χ0) is 49.7. The molecule has 0 spiro atoms. The van der Waals surface area contributed by atoms with E-state index in [1.807, 2.05) is 0 Å². The van der Waals surface area contributed by atoms with Gasteiger partial charge in [-0.05, 0) is 110 Å².